The van der Waals surface area contributed by atoms with Gasteiger partial charge in [-0.3, -0.25) is 14.9 Å². The first-order chi connectivity index (χ1) is 11.1. The maximum Gasteiger partial charge on any atom is 0.267 e. The highest BCUT2D eigenvalue weighted by Crippen LogP contribution is 2.26. The number of aryl methyl sites for hydroxylation is 1. The van der Waals surface area contributed by atoms with Gasteiger partial charge in [-0.1, -0.05) is 12.1 Å². The van der Waals surface area contributed by atoms with Gasteiger partial charge in [0.2, 0.25) is 5.95 Å². The molecule has 3 rings (SSSR count). The van der Waals surface area contributed by atoms with Gasteiger partial charge in [-0.2, -0.15) is 0 Å². The molecule has 2 aromatic heterocycles. The van der Waals surface area contributed by atoms with Crippen LogP contribution in [0, 0.1) is 0 Å². The summed E-state index contributed by atoms with van der Waals surface area (Å²) < 4.78 is 1.44. The van der Waals surface area contributed by atoms with Gasteiger partial charge in [0.05, 0.1) is 5.52 Å². The summed E-state index contributed by atoms with van der Waals surface area (Å²) in [5.41, 5.74) is -0.305. The van der Waals surface area contributed by atoms with E-state index in [2.05, 4.69) is 15.3 Å². The van der Waals surface area contributed by atoms with Gasteiger partial charge >= 0.3 is 0 Å². The quantitative estimate of drug-likeness (QED) is 0.768. The van der Waals surface area contributed by atoms with E-state index in [0.29, 0.717) is 17.4 Å². The van der Waals surface area contributed by atoms with Gasteiger partial charge in [0, 0.05) is 24.3 Å². The van der Waals surface area contributed by atoms with Crippen molar-refractivity contribution in [1.29, 1.82) is 0 Å². The monoisotopic (exact) mass is 310 g/mol. The van der Waals surface area contributed by atoms with Crippen LogP contribution in [0.3, 0.4) is 0 Å². The fraction of sp³-hybridized carbons (Fsp3) is 0.125. The molecule has 1 aromatic carbocycles. The molecule has 0 spiro atoms. The van der Waals surface area contributed by atoms with Gasteiger partial charge in [-0.05, 0) is 25.1 Å². The molecular weight excluding hydrogens is 296 g/mol. The molecule has 0 bridgehead atoms. The van der Waals surface area contributed by atoms with Crippen LogP contribution in [0.15, 0.2) is 47.5 Å². The summed E-state index contributed by atoms with van der Waals surface area (Å²) in [6.07, 6.45) is 2.93. The molecule has 0 unspecified atom stereocenters. The van der Waals surface area contributed by atoms with Crippen molar-refractivity contribution in [2.24, 2.45) is 0 Å². The van der Waals surface area contributed by atoms with Gasteiger partial charge in [-0.15, -0.1) is 0 Å². The molecule has 116 valence electrons. The molecule has 0 aliphatic carbocycles. The van der Waals surface area contributed by atoms with Gasteiger partial charge in [0.25, 0.3) is 11.5 Å². The summed E-state index contributed by atoms with van der Waals surface area (Å²) >= 11 is 0. The Morgan fingerprint density at radius 1 is 1.22 bits per heavy atom. The molecule has 7 heteroatoms. The van der Waals surface area contributed by atoms with Crippen LogP contribution in [0.4, 0.5) is 5.95 Å². The lowest BCUT2D eigenvalue weighted by molar-refractivity contribution is 0.102. The van der Waals surface area contributed by atoms with E-state index in [-0.39, 0.29) is 17.3 Å². The average Bonchev–Trinajstić information content (AvgIpc) is 2.56. The van der Waals surface area contributed by atoms with Crippen molar-refractivity contribution in [2.45, 2.75) is 13.5 Å². The number of carbonyl (C=O) groups is 1. The summed E-state index contributed by atoms with van der Waals surface area (Å²) in [6.45, 7) is 2.18. The average molecular weight is 310 g/mol. The first-order valence-corrected chi connectivity index (χ1v) is 7.06. The van der Waals surface area contributed by atoms with Gasteiger partial charge in [0.1, 0.15) is 11.3 Å². The van der Waals surface area contributed by atoms with Crippen molar-refractivity contribution < 1.29 is 9.90 Å². The Kier molecular flexibility index (Phi) is 3.76. The van der Waals surface area contributed by atoms with E-state index in [1.54, 1.807) is 37.3 Å². The topological polar surface area (TPSA) is 97.1 Å². The number of aromatic hydroxyl groups is 1. The molecular formula is C16H14N4O3. The molecule has 2 heterocycles. The van der Waals surface area contributed by atoms with E-state index < -0.39 is 11.5 Å². The number of amides is 1. The Labute approximate surface area is 131 Å². The number of hydrogen-bond acceptors (Lipinski definition) is 5. The summed E-state index contributed by atoms with van der Waals surface area (Å²) in [5.74, 6) is -1.03. The summed E-state index contributed by atoms with van der Waals surface area (Å²) in [6, 6.07) is 8.49. The van der Waals surface area contributed by atoms with Crippen molar-refractivity contribution in [3.8, 4) is 5.75 Å². The summed E-state index contributed by atoms with van der Waals surface area (Å²) in [7, 11) is 0. The van der Waals surface area contributed by atoms with Crippen molar-refractivity contribution >= 4 is 22.8 Å². The highest BCUT2D eigenvalue weighted by molar-refractivity contribution is 6.08. The minimum Gasteiger partial charge on any atom is -0.506 e. The number of para-hydroxylation sites is 1. The van der Waals surface area contributed by atoms with Crippen molar-refractivity contribution in [1.82, 2.24) is 14.5 Å². The predicted molar refractivity (Wildman–Crippen MR) is 85.5 cm³/mol. The molecule has 0 aliphatic rings. The molecule has 0 saturated carbocycles. The molecule has 0 fully saturated rings. The van der Waals surface area contributed by atoms with Crippen LogP contribution in [0.2, 0.25) is 0 Å². The fourth-order valence-electron chi connectivity index (χ4n) is 2.44. The number of nitrogens with zero attached hydrogens (tertiary/aromatic N) is 3. The fourth-order valence-corrected chi connectivity index (χ4v) is 2.44. The lowest BCUT2D eigenvalue weighted by Crippen LogP contribution is -2.29. The zero-order valence-corrected chi connectivity index (χ0v) is 12.4. The standard InChI is InChI=1S/C16H14N4O3/c1-2-20-11-7-4-3-6-10(11)13(21)12(15(20)23)14(22)19-16-17-8-5-9-18-16/h3-9,21H,2H2,1H3,(H,17,18,19,22). The van der Waals surface area contributed by atoms with E-state index in [4.69, 9.17) is 0 Å². The van der Waals surface area contributed by atoms with Crippen LogP contribution < -0.4 is 10.9 Å². The SMILES string of the molecule is CCn1c(=O)c(C(=O)Nc2ncccn2)c(O)c2ccccc21. The molecule has 3 aromatic rings. The molecule has 7 nitrogen and oxygen atoms in total. The van der Waals surface area contributed by atoms with Gasteiger partial charge < -0.3 is 9.67 Å². The number of benzene rings is 1. The number of nitrogens with one attached hydrogen (secondary N) is 1. The first-order valence-electron chi connectivity index (χ1n) is 7.06. The molecule has 23 heavy (non-hydrogen) atoms. The van der Waals surface area contributed by atoms with Gasteiger partial charge in [0.15, 0.2) is 0 Å². The van der Waals surface area contributed by atoms with Crippen LogP contribution in [-0.2, 0) is 6.54 Å². The largest absolute Gasteiger partial charge is 0.506 e. The molecule has 2 N–H and O–H groups in total. The van der Waals surface area contributed by atoms with E-state index >= 15 is 0 Å². The second-order valence-electron chi connectivity index (χ2n) is 4.82. The number of rotatable bonds is 3. The zero-order valence-electron chi connectivity index (χ0n) is 12.4. The van der Waals surface area contributed by atoms with Crippen LogP contribution in [0.25, 0.3) is 10.9 Å². The lowest BCUT2D eigenvalue weighted by Gasteiger charge is -2.13. The maximum atomic E-state index is 12.6. The minimum atomic E-state index is -0.744. The number of carbonyl (C=O) groups excluding carboxylic acids is 1. The molecule has 0 saturated heterocycles. The minimum absolute atomic E-state index is 0.0625. The number of aromatic nitrogens is 3. The second-order valence-corrected chi connectivity index (χ2v) is 4.82. The van der Waals surface area contributed by atoms with E-state index in [0.717, 1.165) is 0 Å². The Morgan fingerprint density at radius 3 is 2.61 bits per heavy atom. The molecule has 0 aliphatic heterocycles. The molecule has 0 radical (unpaired) electrons. The number of pyridine rings is 1. The van der Waals surface area contributed by atoms with Crippen LogP contribution in [0.1, 0.15) is 17.3 Å². The highest BCUT2D eigenvalue weighted by Gasteiger charge is 2.22. The summed E-state index contributed by atoms with van der Waals surface area (Å²) in [4.78, 5) is 32.7. The van der Waals surface area contributed by atoms with Crippen LogP contribution >= 0.6 is 0 Å². The normalized spacial score (nSPS) is 10.7. The summed E-state index contributed by atoms with van der Waals surface area (Å²) in [5, 5.41) is 13.2. The van der Waals surface area contributed by atoms with Crippen LogP contribution in [0.5, 0.6) is 5.75 Å². The third-order valence-corrected chi connectivity index (χ3v) is 3.48. The Morgan fingerprint density at radius 2 is 1.91 bits per heavy atom. The van der Waals surface area contributed by atoms with Crippen molar-refractivity contribution in [2.75, 3.05) is 5.32 Å². The van der Waals surface area contributed by atoms with E-state index in [1.165, 1.54) is 17.0 Å². The van der Waals surface area contributed by atoms with Gasteiger partial charge in [-0.25, -0.2) is 9.97 Å². The first kappa shape index (κ1) is 14.7. The predicted octanol–water partition coefficient (Wildman–Crippen LogP) is 1.77. The maximum absolute atomic E-state index is 12.6. The Bertz CT molecular complexity index is 935. The zero-order chi connectivity index (χ0) is 16.4. The van der Waals surface area contributed by atoms with E-state index in [9.17, 15) is 14.7 Å². The number of anilines is 1. The highest BCUT2D eigenvalue weighted by atomic mass is 16.3. The third kappa shape index (κ3) is 2.52. The lowest BCUT2D eigenvalue weighted by atomic mass is 10.1. The Hall–Kier alpha value is -3.22. The molecule has 0 atom stereocenters. The van der Waals surface area contributed by atoms with E-state index in [1.807, 2.05) is 0 Å². The second kappa shape index (κ2) is 5.88. The smallest absolute Gasteiger partial charge is 0.267 e. The third-order valence-electron chi connectivity index (χ3n) is 3.48. The van der Waals surface area contributed by atoms with Crippen LogP contribution in [-0.4, -0.2) is 25.5 Å². The van der Waals surface area contributed by atoms with Crippen molar-refractivity contribution in [3.63, 3.8) is 0 Å². The number of fused-ring (bicyclic) bond motifs is 1. The Balaban J connectivity index is 2.17. The van der Waals surface area contributed by atoms with Crippen molar-refractivity contribution in [3.05, 3.63) is 58.6 Å². The number of hydrogen-bond donors (Lipinski definition) is 2. The molecule has 1 amide bonds.